The minimum absolute atomic E-state index is 0.0929. The Bertz CT molecular complexity index is 576. The third kappa shape index (κ3) is 2.50. The molecule has 1 N–H and O–H groups in total. The lowest BCUT2D eigenvalue weighted by Crippen LogP contribution is -2.48. The van der Waals surface area contributed by atoms with Crippen LogP contribution in [0.15, 0.2) is 24.3 Å². The van der Waals surface area contributed by atoms with Gasteiger partial charge in [0.2, 0.25) is 5.91 Å². The number of carbonyl (C=O) groups is 2. The monoisotopic (exact) mass is 302 g/mol. The van der Waals surface area contributed by atoms with Crippen LogP contribution in [0.1, 0.15) is 31.2 Å². The van der Waals surface area contributed by atoms with Gasteiger partial charge in [-0.25, -0.2) is 0 Å². The molecule has 0 bridgehead atoms. The van der Waals surface area contributed by atoms with Crippen LogP contribution in [0, 0.1) is 0 Å². The molecule has 5 heteroatoms. The largest absolute Gasteiger partial charge is 0.481 e. The quantitative estimate of drug-likeness (QED) is 0.926. The van der Waals surface area contributed by atoms with Crippen molar-refractivity contribution in [2.75, 3.05) is 31.6 Å². The maximum absolute atomic E-state index is 12.1. The summed E-state index contributed by atoms with van der Waals surface area (Å²) in [6, 6.07) is 7.56. The summed E-state index contributed by atoms with van der Waals surface area (Å²) in [6.45, 7) is 1.96. The first-order valence-corrected chi connectivity index (χ1v) is 7.86. The maximum Gasteiger partial charge on any atom is 0.314 e. The molecule has 0 radical (unpaired) electrons. The molecule has 22 heavy (non-hydrogen) atoms. The Balaban J connectivity index is 1.84. The van der Waals surface area contributed by atoms with Crippen LogP contribution >= 0.6 is 0 Å². The van der Waals surface area contributed by atoms with Crippen molar-refractivity contribution in [3.05, 3.63) is 29.8 Å². The third-order valence-electron chi connectivity index (χ3n) is 5.01. The highest BCUT2D eigenvalue weighted by atomic mass is 16.4. The van der Waals surface area contributed by atoms with Crippen molar-refractivity contribution in [1.82, 2.24) is 4.90 Å². The minimum atomic E-state index is -0.731. The summed E-state index contributed by atoms with van der Waals surface area (Å²) in [6.07, 6.45) is 3.33. The first-order valence-electron chi connectivity index (χ1n) is 7.86. The molecular weight excluding hydrogens is 280 g/mol. The van der Waals surface area contributed by atoms with E-state index in [1.54, 1.807) is 4.90 Å². The third-order valence-corrected chi connectivity index (χ3v) is 5.01. The van der Waals surface area contributed by atoms with E-state index in [-0.39, 0.29) is 5.91 Å². The fourth-order valence-electron chi connectivity index (χ4n) is 3.63. The smallest absolute Gasteiger partial charge is 0.314 e. The van der Waals surface area contributed by atoms with Gasteiger partial charge in [0.25, 0.3) is 0 Å². The van der Waals surface area contributed by atoms with E-state index in [0.717, 1.165) is 30.6 Å². The predicted octanol–water partition coefficient (Wildman–Crippen LogP) is 1.86. The van der Waals surface area contributed by atoms with E-state index in [2.05, 4.69) is 0 Å². The Labute approximate surface area is 130 Å². The SMILES string of the molecule is CN1CCN(c2ccc(C3(C(=O)O)CCCC3)cc2)C(=O)C1. The Morgan fingerprint density at radius 1 is 1.14 bits per heavy atom. The molecule has 0 spiro atoms. The van der Waals surface area contributed by atoms with E-state index < -0.39 is 11.4 Å². The van der Waals surface area contributed by atoms with E-state index in [1.807, 2.05) is 36.2 Å². The van der Waals surface area contributed by atoms with Crippen molar-refractivity contribution >= 4 is 17.6 Å². The van der Waals surface area contributed by atoms with Gasteiger partial charge in [-0.05, 0) is 37.6 Å². The second-order valence-electron chi connectivity index (χ2n) is 6.42. The van der Waals surface area contributed by atoms with Crippen LogP contribution in [0.25, 0.3) is 0 Å². The van der Waals surface area contributed by atoms with E-state index in [9.17, 15) is 14.7 Å². The number of hydrogen-bond donors (Lipinski definition) is 1. The molecule has 1 aliphatic carbocycles. The maximum atomic E-state index is 12.1. The van der Waals surface area contributed by atoms with Crippen LogP contribution in [0.5, 0.6) is 0 Å². The van der Waals surface area contributed by atoms with Crippen LogP contribution < -0.4 is 4.90 Å². The topological polar surface area (TPSA) is 60.9 Å². The van der Waals surface area contributed by atoms with Crippen molar-refractivity contribution < 1.29 is 14.7 Å². The highest BCUT2D eigenvalue weighted by Crippen LogP contribution is 2.41. The first kappa shape index (κ1) is 15.0. The number of hydrogen-bond acceptors (Lipinski definition) is 3. The summed E-state index contributed by atoms with van der Waals surface area (Å²) in [5.74, 6) is -0.635. The molecule has 1 saturated heterocycles. The van der Waals surface area contributed by atoms with Crippen LogP contribution in [-0.2, 0) is 15.0 Å². The van der Waals surface area contributed by atoms with E-state index >= 15 is 0 Å². The zero-order valence-corrected chi connectivity index (χ0v) is 12.9. The lowest BCUT2D eigenvalue weighted by atomic mass is 9.79. The zero-order valence-electron chi connectivity index (χ0n) is 12.9. The number of aliphatic carboxylic acids is 1. The van der Waals surface area contributed by atoms with Gasteiger partial charge in [-0.2, -0.15) is 0 Å². The fraction of sp³-hybridized carbons (Fsp3) is 0.529. The molecule has 0 unspecified atom stereocenters. The van der Waals surface area contributed by atoms with Gasteiger partial charge in [0.15, 0.2) is 0 Å². The summed E-state index contributed by atoms with van der Waals surface area (Å²) < 4.78 is 0. The molecule has 2 aliphatic rings. The number of likely N-dealkylation sites (N-methyl/N-ethyl adjacent to an activating group) is 1. The van der Waals surface area contributed by atoms with Crippen LogP contribution in [-0.4, -0.2) is 48.6 Å². The standard InChI is InChI=1S/C17H22N2O3/c1-18-10-11-19(15(20)12-18)14-6-4-13(5-7-14)17(16(21)22)8-2-3-9-17/h4-7H,2-3,8-12H2,1H3,(H,21,22). The van der Waals surface area contributed by atoms with Crippen LogP contribution in [0.4, 0.5) is 5.69 Å². The number of carboxylic acids is 1. The number of rotatable bonds is 3. The lowest BCUT2D eigenvalue weighted by molar-refractivity contribution is -0.143. The molecule has 0 atom stereocenters. The summed E-state index contributed by atoms with van der Waals surface area (Å²) in [5.41, 5.74) is 0.994. The number of piperazine rings is 1. The Morgan fingerprint density at radius 2 is 1.77 bits per heavy atom. The van der Waals surface area contributed by atoms with Crippen molar-refractivity contribution in [3.63, 3.8) is 0 Å². The van der Waals surface area contributed by atoms with Crippen molar-refractivity contribution in [2.45, 2.75) is 31.1 Å². The number of amides is 1. The Morgan fingerprint density at radius 3 is 2.32 bits per heavy atom. The summed E-state index contributed by atoms with van der Waals surface area (Å²) in [7, 11) is 1.94. The Kier molecular flexibility index (Phi) is 3.91. The summed E-state index contributed by atoms with van der Waals surface area (Å²) in [4.78, 5) is 27.6. The second-order valence-corrected chi connectivity index (χ2v) is 6.42. The molecule has 118 valence electrons. The average Bonchev–Trinajstić information content (AvgIpc) is 2.98. The molecule has 1 aromatic rings. The summed E-state index contributed by atoms with van der Waals surface area (Å²) >= 11 is 0. The second kappa shape index (κ2) is 5.72. The van der Waals surface area contributed by atoms with Gasteiger partial charge in [0.05, 0.1) is 12.0 Å². The van der Waals surface area contributed by atoms with Gasteiger partial charge < -0.3 is 10.0 Å². The van der Waals surface area contributed by atoms with Crippen molar-refractivity contribution in [1.29, 1.82) is 0 Å². The number of benzene rings is 1. The number of nitrogens with zero attached hydrogens (tertiary/aromatic N) is 2. The molecule has 1 saturated carbocycles. The first-order chi connectivity index (χ1) is 10.5. The summed E-state index contributed by atoms with van der Waals surface area (Å²) in [5, 5.41) is 9.64. The highest BCUT2D eigenvalue weighted by Gasteiger charge is 2.42. The lowest BCUT2D eigenvalue weighted by Gasteiger charge is -2.32. The molecule has 2 fully saturated rings. The normalized spacial score (nSPS) is 22.0. The number of carbonyl (C=O) groups excluding carboxylic acids is 1. The van der Waals surface area contributed by atoms with Gasteiger partial charge in [-0.1, -0.05) is 25.0 Å². The van der Waals surface area contributed by atoms with Gasteiger partial charge >= 0.3 is 5.97 Å². The predicted molar refractivity (Wildman–Crippen MR) is 84.1 cm³/mol. The average molecular weight is 302 g/mol. The van der Waals surface area contributed by atoms with Crippen LogP contribution in [0.2, 0.25) is 0 Å². The van der Waals surface area contributed by atoms with E-state index in [4.69, 9.17) is 0 Å². The highest BCUT2D eigenvalue weighted by molar-refractivity contribution is 5.95. The fourth-order valence-corrected chi connectivity index (χ4v) is 3.63. The van der Waals surface area contributed by atoms with Gasteiger partial charge in [-0.3, -0.25) is 14.5 Å². The molecule has 3 rings (SSSR count). The zero-order chi connectivity index (χ0) is 15.7. The molecule has 1 aromatic carbocycles. The van der Waals surface area contributed by atoms with E-state index in [1.165, 1.54) is 0 Å². The molecule has 1 aliphatic heterocycles. The van der Waals surface area contributed by atoms with Gasteiger partial charge in [0, 0.05) is 18.8 Å². The Hall–Kier alpha value is -1.88. The molecule has 1 heterocycles. The molecular formula is C17H22N2O3. The number of carboxylic acid groups (broad SMARTS) is 1. The molecule has 1 amide bonds. The molecule has 5 nitrogen and oxygen atoms in total. The van der Waals surface area contributed by atoms with Gasteiger partial charge in [-0.15, -0.1) is 0 Å². The van der Waals surface area contributed by atoms with Gasteiger partial charge in [0.1, 0.15) is 0 Å². The minimum Gasteiger partial charge on any atom is -0.481 e. The van der Waals surface area contributed by atoms with Crippen molar-refractivity contribution in [3.8, 4) is 0 Å². The number of anilines is 1. The molecule has 0 aromatic heterocycles. The van der Waals surface area contributed by atoms with Crippen molar-refractivity contribution in [2.24, 2.45) is 0 Å². The van der Waals surface area contributed by atoms with E-state index in [0.29, 0.717) is 25.9 Å². The van der Waals surface area contributed by atoms with Crippen LogP contribution in [0.3, 0.4) is 0 Å².